The lowest BCUT2D eigenvalue weighted by atomic mass is 9.98. The van der Waals surface area contributed by atoms with Crippen LogP contribution in [0.2, 0.25) is 0 Å². The minimum atomic E-state index is -0.0141. The molecule has 0 radical (unpaired) electrons. The Kier molecular flexibility index (Phi) is 5.88. The van der Waals surface area contributed by atoms with Crippen LogP contribution >= 0.6 is 12.2 Å². The van der Waals surface area contributed by atoms with Crippen molar-refractivity contribution in [3.8, 4) is 0 Å². The number of thiocarbonyl (C=S) groups is 1. The molecule has 1 aliphatic heterocycles. The van der Waals surface area contributed by atoms with Crippen LogP contribution in [0, 0.1) is 0 Å². The van der Waals surface area contributed by atoms with Crippen LogP contribution in [0.15, 0.2) is 54.9 Å². The summed E-state index contributed by atoms with van der Waals surface area (Å²) in [5.74, 6) is 0. The van der Waals surface area contributed by atoms with E-state index >= 15 is 0 Å². The average molecular weight is 394 g/mol. The molecule has 0 bridgehead atoms. The summed E-state index contributed by atoms with van der Waals surface area (Å²) >= 11 is 5.66. The Morgan fingerprint density at radius 1 is 1.25 bits per heavy atom. The van der Waals surface area contributed by atoms with E-state index in [1.54, 1.807) is 6.33 Å². The average Bonchev–Trinajstić information content (AvgIpc) is 3.39. The van der Waals surface area contributed by atoms with Gasteiger partial charge in [-0.1, -0.05) is 43.3 Å². The highest BCUT2D eigenvalue weighted by Crippen LogP contribution is 2.24. The second kappa shape index (κ2) is 8.71. The summed E-state index contributed by atoms with van der Waals surface area (Å²) in [6.07, 6.45) is 4.24. The number of fused-ring (bicyclic) bond motifs is 1. The van der Waals surface area contributed by atoms with Gasteiger partial charge in [-0.2, -0.15) is 0 Å². The molecule has 0 saturated carbocycles. The van der Waals surface area contributed by atoms with Crippen molar-refractivity contribution in [1.82, 2.24) is 25.5 Å². The number of aromatic amines is 1. The van der Waals surface area contributed by atoms with Gasteiger partial charge in [0.1, 0.15) is 0 Å². The minimum absolute atomic E-state index is 0.0141. The van der Waals surface area contributed by atoms with E-state index in [0.29, 0.717) is 11.2 Å². The van der Waals surface area contributed by atoms with Crippen molar-refractivity contribution in [2.75, 3.05) is 19.6 Å². The summed E-state index contributed by atoms with van der Waals surface area (Å²) in [6.45, 7) is 5.41. The summed E-state index contributed by atoms with van der Waals surface area (Å²) in [4.78, 5) is 10.0. The summed E-state index contributed by atoms with van der Waals surface area (Å²) in [6, 6.07) is 17.3. The van der Waals surface area contributed by atoms with Crippen molar-refractivity contribution in [2.24, 2.45) is 0 Å². The van der Waals surface area contributed by atoms with Crippen molar-refractivity contribution >= 4 is 28.4 Å². The molecule has 1 aliphatic rings. The zero-order valence-electron chi connectivity index (χ0n) is 16.2. The first-order valence-electron chi connectivity index (χ1n) is 10.0. The standard InChI is InChI=1S/C22H27N5S/c1-2-27-12-6-9-18(27)14-23-22(28)26-21(16-7-4-3-5-8-16)17-10-11-19-20(13-17)25-15-24-19/h3-5,7-8,10-11,13,15,18,21H,2,6,9,12,14H2,1H3,(H,24,25)(H2,23,26,28)/t18-,21+/m1/s1. The molecular weight excluding hydrogens is 366 g/mol. The molecule has 2 aromatic carbocycles. The molecule has 0 spiro atoms. The molecule has 6 heteroatoms. The Hall–Kier alpha value is -2.44. The van der Waals surface area contributed by atoms with Crippen LogP contribution in [0.1, 0.15) is 36.9 Å². The monoisotopic (exact) mass is 393 g/mol. The molecule has 1 aromatic heterocycles. The fraction of sp³-hybridized carbons (Fsp3) is 0.364. The number of likely N-dealkylation sites (tertiary alicyclic amines) is 1. The molecule has 2 atom stereocenters. The van der Waals surface area contributed by atoms with Crippen LogP contribution in [0.5, 0.6) is 0 Å². The molecule has 3 N–H and O–H groups in total. The number of hydrogen-bond acceptors (Lipinski definition) is 3. The number of imidazole rings is 1. The Morgan fingerprint density at radius 2 is 2.11 bits per heavy atom. The number of H-pyrrole nitrogens is 1. The van der Waals surface area contributed by atoms with Gasteiger partial charge < -0.3 is 15.6 Å². The second-order valence-electron chi connectivity index (χ2n) is 7.30. The van der Waals surface area contributed by atoms with E-state index in [9.17, 15) is 0 Å². The lowest BCUT2D eigenvalue weighted by molar-refractivity contribution is 0.267. The van der Waals surface area contributed by atoms with Gasteiger partial charge in [-0.3, -0.25) is 4.90 Å². The highest BCUT2D eigenvalue weighted by molar-refractivity contribution is 7.80. The number of aromatic nitrogens is 2. The maximum atomic E-state index is 5.66. The van der Waals surface area contributed by atoms with E-state index in [4.69, 9.17) is 12.2 Å². The van der Waals surface area contributed by atoms with Gasteiger partial charge in [-0.15, -0.1) is 0 Å². The first kappa shape index (κ1) is 18.9. The van der Waals surface area contributed by atoms with E-state index < -0.39 is 0 Å². The molecule has 4 rings (SSSR count). The first-order valence-corrected chi connectivity index (χ1v) is 10.4. The Morgan fingerprint density at radius 3 is 2.93 bits per heavy atom. The molecule has 28 heavy (non-hydrogen) atoms. The van der Waals surface area contributed by atoms with E-state index in [0.717, 1.165) is 29.7 Å². The summed E-state index contributed by atoms with van der Waals surface area (Å²) in [5, 5.41) is 7.68. The normalized spacial score (nSPS) is 18.2. The van der Waals surface area contributed by atoms with Crippen molar-refractivity contribution in [3.63, 3.8) is 0 Å². The molecule has 0 amide bonds. The van der Waals surface area contributed by atoms with Crippen LogP contribution in [-0.2, 0) is 0 Å². The van der Waals surface area contributed by atoms with Crippen LogP contribution < -0.4 is 10.6 Å². The minimum Gasteiger partial charge on any atom is -0.361 e. The van der Waals surface area contributed by atoms with E-state index in [1.165, 1.54) is 24.9 Å². The molecule has 1 fully saturated rings. The van der Waals surface area contributed by atoms with Crippen molar-refractivity contribution < 1.29 is 0 Å². The third-order valence-electron chi connectivity index (χ3n) is 5.59. The zero-order chi connectivity index (χ0) is 19.3. The fourth-order valence-electron chi connectivity index (χ4n) is 4.07. The van der Waals surface area contributed by atoms with Gasteiger partial charge in [0.2, 0.25) is 0 Å². The largest absolute Gasteiger partial charge is 0.361 e. The fourth-order valence-corrected chi connectivity index (χ4v) is 4.27. The van der Waals surface area contributed by atoms with Gasteiger partial charge in [0, 0.05) is 12.6 Å². The predicted molar refractivity (Wildman–Crippen MR) is 118 cm³/mol. The number of rotatable bonds is 6. The van der Waals surface area contributed by atoms with E-state index in [1.807, 2.05) is 12.1 Å². The predicted octanol–water partition coefficient (Wildman–Crippen LogP) is 3.60. The molecular formula is C22H27N5S. The Labute approximate surface area is 171 Å². The first-order chi connectivity index (χ1) is 13.7. The van der Waals surface area contributed by atoms with Crippen LogP contribution in [0.25, 0.3) is 11.0 Å². The van der Waals surface area contributed by atoms with E-state index in [-0.39, 0.29) is 6.04 Å². The molecule has 0 aliphatic carbocycles. The second-order valence-corrected chi connectivity index (χ2v) is 7.71. The lowest BCUT2D eigenvalue weighted by Crippen LogP contribution is -2.44. The van der Waals surface area contributed by atoms with Crippen LogP contribution in [0.3, 0.4) is 0 Å². The zero-order valence-corrected chi connectivity index (χ0v) is 17.0. The molecule has 0 unspecified atom stereocenters. The van der Waals surface area contributed by atoms with Gasteiger partial charge in [-0.05, 0) is 61.4 Å². The Balaban J connectivity index is 1.50. The van der Waals surface area contributed by atoms with Gasteiger partial charge in [0.15, 0.2) is 5.11 Å². The highest BCUT2D eigenvalue weighted by atomic mass is 32.1. The summed E-state index contributed by atoms with van der Waals surface area (Å²) in [7, 11) is 0. The van der Waals surface area contributed by atoms with Crippen molar-refractivity contribution in [1.29, 1.82) is 0 Å². The molecule has 5 nitrogen and oxygen atoms in total. The number of nitrogens with one attached hydrogen (secondary N) is 3. The third-order valence-corrected chi connectivity index (χ3v) is 5.85. The lowest BCUT2D eigenvalue weighted by Gasteiger charge is -2.26. The topological polar surface area (TPSA) is 56.0 Å². The molecule has 2 heterocycles. The number of likely N-dealkylation sites (N-methyl/N-ethyl adjacent to an activating group) is 1. The SMILES string of the molecule is CCN1CCC[C@@H]1CNC(=S)N[C@@H](c1ccccc1)c1ccc2nc[nH]c2c1. The number of benzene rings is 2. The Bertz CT molecular complexity index is 923. The molecule has 1 saturated heterocycles. The number of nitrogens with zero attached hydrogens (tertiary/aromatic N) is 2. The maximum Gasteiger partial charge on any atom is 0.167 e. The van der Waals surface area contributed by atoms with Gasteiger partial charge in [0.05, 0.1) is 23.4 Å². The van der Waals surface area contributed by atoms with E-state index in [2.05, 4.69) is 68.8 Å². The van der Waals surface area contributed by atoms with Gasteiger partial charge in [0.25, 0.3) is 0 Å². The maximum absolute atomic E-state index is 5.66. The molecule has 146 valence electrons. The summed E-state index contributed by atoms with van der Waals surface area (Å²) < 4.78 is 0. The highest BCUT2D eigenvalue weighted by Gasteiger charge is 2.23. The van der Waals surface area contributed by atoms with Gasteiger partial charge in [-0.25, -0.2) is 4.98 Å². The summed E-state index contributed by atoms with van der Waals surface area (Å²) in [5.41, 5.74) is 4.34. The number of hydrogen-bond donors (Lipinski definition) is 3. The van der Waals surface area contributed by atoms with Crippen LogP contribution in [0.4, 0.5) is 0 Å². The quantitative estimate of drug-likeness (QED) is 0.559. The van der Waals surface area contributed by atoms with Crippen molar-refractivity contribution in [2.45, 2.75) is 31.8 Å². The van der Waals surface area contributed by atoms with Gasteiger partial charge >= 0.3 is 0 Å². The smallest absolute Gasteiger partial charge is 0.167 e. The van der Waals surface area contributed by atoms with Crippen molar-refractivity contribution in [3.05, 3.63) is 66.0 Å². The third kappa shape index (κ3) is 4.18. The van der Waals surface area contributed by atoms with Crippen LogP contribution in [-0.4, -0.2) is 45.7 Å². The molecule has 3 aromatic rings.